The van der Waals surface area contributed by atoms with Crippen LogP contribution in [0.2, 0.25) is 0 Å². The second kappa shape index (κ2) is 6.69. The van der Waals surface area contributed by atoms with Crippen molar-refractivity contribution in [2.45, 2.75) is 33.4 Å². The molecule has 1 heterocycles. The summed E-state index contributed by atoms with van der Waals surface area (Å²) in [5.74, 6) is 0.678. The molecule has 0 atom stereocenters. The van der Waals surface area contributed by atoms with Crippen molar-refractivity contribution in [1.29, 1.82) is 0 Å². The summed E-state index contributed by atoms with van der Waals surface area (Å²) in [4.78, 5) is 0. The quantitative estimate of drug-likeness (QED) is 0.710. The Balaban J connectivity index is 2.35. The Hall–Kier alpha value is -1.15. The molecule has 2 N–H and O–H groups in total. The molecule has 0 amide bonds. The molecule has 0 aliphatic rings. The van der Waals surface area contributed by atoms with Crippen LogP contribution in [0.4, 0.5) is 6.01 Å². The second-order valence-electron chi connectivity index (χ2n) is 4.20. The first kappa shape index (κ1) is 14.9. The summed E-state index contributed by atoms with van der Waals surface area (Å²) >= 11 is 0. The van der Waals surface area contributed by atoms with Crippen LogP contribution < -0.4 is 10.6 Å². The van der Waals surface area contributed by atoms with Crippen molar-refractivity contribution in [3.8, 4) is 0 Å². The van der Waals surface area contributed by atoms with Gasteiger partial charge in [0.15, 0.2) is 9.84 Å². The molecule has 18 heavy (non-hydrogen) atoms. The van der Waals surface area contributed by atoms with Crippen LogP contribution in [0.5, 0.6) is 0 Å². The van der Waals surface area contributed by atoms with Gasteiger partial charge >= 0.3 is 6.01 Å². The fourth-order valence-corrected chi connectivity index (χ4v) is 1.85. The topological polar surface area (TPSA) is 97.1 Å². The molecule has 7 nitrogen and oxygen atoms in total. The van der Waals surface area contributed by atoms with Gasteiger partial charge in [-0.3, -0.25) is 0 Å². The molecular formula is C10H20N4O3S. The Morgan fingerprint density at radius 3 is 2.67 bits per heavy atom. The third kappa shape index (κ3) is 5.46. The van der Waals surface area contributed by atoms with Gasteiger partial charge in [-0.15, -0.1) is 5.10 Å². The number of aromatic nitrogens is 2. The van der Waals surface area contributed by atoms with Crippen molar-refractivity contribution in [3.63, 3.8) is 0 Å². The van der Waals surface area contributed by atoms with Crippen LogP contribution in [-0.4, -0.2) is 42.7 Å². The molecule has 0 aromatic carbocycles. The molecule has 0 spiro atoms. The highest BCUT2D eigenvalue weighted by atomic mass is 32.2. The number of anilines is 1. The molecule has 8 heteroatoms. The van der Waals surface area contributed by atoms with Crippen molar-refractivity contribution >= 4 is 15.9 Å². The van der Waals surface area contributed by atoms with E-state index in [-0.39, 0.29) is 24.1 Å². The summed E-state index contributed by atoms with van der Waals surface area (Å²) in [6, 6.07) is 0.588. The van der Waals surface area contributed by atoms with Crippen molar-refractivity contribution in [1.82, 2.24) is 15.5 Å². The molecule has 104 valence electrons. The molecule has 0 aliphatic heterocycles. The van der Waals surface area contributed by atoms with Crippen LogP contribution in [0.3, 0.4) is 0 Å². The zero-order valence-corrected chi connectivity index (χ0v) is 11.7. The third-order valence-electron chi connectivity index (χ3n) is 2.26. The van der Waals surface area contributed by atoms with Crippen molar-refractivity contribution in [2.75, 3.05) is 23.4 Å². The lowest BCUT2D eigenvalue weighted by molar-refractivity contribution is 0.459. The van der Waals surface area contributed by atoms with E-state index in [1.54, 1.807) is 6.92 Å². The normalized spacial score (nSPS) is 12.0. The molecule has 1 aromatic rings. The van der Waals surface area contributed by atoms with Crippen molar-refractivity contribution in [3.05, 3.63) is 5.89 Å². The molecule has 1 aromatic heterocycles. The first-order valence-electron chi connectivity index (χ1n) is 5.93. The number of nitrogens with zero attached hydrogens (tertiary/aromatic N) is 2. The van der Waals surface area contributed by atoms with E-state index < -0.39 is 9.84 Å². The Morgan fingerprint density at radius 1 is 1.33 bits per heavy atom. The molecule has 0 aliphatic carbocycles. The van der Waals surface area contributed by atoms with E-state index in [1.165, 1.54) is 0 Å². The summed E-state index contributed by atoms with van der Waals surface area (Å²) in [7, 11) is -2.97. The largest absolute Gasteiger partial charge is 0.407 e. The van der Waals surface area contributed by atoms with Gasteiger partial charge in [0, 0.05) is 18.3 Å². The monoisotopic (exact) mass is 276 g/mol. The highest BCUT2D eigenvalue weighted by Gasteiger charge is 2.09. The smallest absolute Gasteiger partial charge is 0.315 e. The number of sulfone groups is 1. The molecule has 0 saturated carbocycles. The second-order valence-corrected chi connectivity index (χ2v) is 6.67. The van der Waals surface area contributed by atoms with E-state index in [4.69, 9.17) is 4.42 Å². The van der Waals surface area contributed by atoms with E-state index in [2.05, 4.69) is 20.8 Å². The van der Waals surface area contributed by atoms with Gasteiger partial charge in [0.25, 0.3) is 0 Å². The Kier molecular flexibility index (Phi) is 5.54. The summed E-state index contributed by atoms with van der Waals surface area (Å²) < 4.78 is 27.8. The highest BCUT2D eigenvalue weighted by molar-refractivity contribution is 7.91. The standard InChI is InChI=1S/C10H20N4O3S/c1-4-18(15,16)6-5-11-10-14-13-9(17-10)7-12-8(2)3/h8,12H,4-7H2,1-3H3,(H,11,14). The van der Waals surface area contributed by atoms with Crippen molar-refractivity contribution in [2.24, 2.45) is 0 Å². The van der Waals surface area contributed by atoms with E-state index >= 15 is 0 Å². The Bertz CT molecular complexity index is 455. The molecule has 0 saturated heterocycles. The fourth-order valence-electron chi connectivity index (χ4n) is 1.15. The first-order valence-corrected chi connectivity index (χ1v) is 7.75. The Morgan fingerprint density at radius 2 is 2.06 bits per heavy atom. The summed E-state index contributed by atoms with van der Waals surface area (Å²) in [5, 5.41) is 13.5. The molecule has 1 rings (SSSR count). The van der Waals surface area contributed by atoms with Gasteiger partial charge in [-0.25, -0.2) is 8.42 Å². The average Bonchev–Trinajstić information content (AvgIpc) is 2.74. The van der Waals surface area contributed by atoms with Gasteiger partial charge in [0.05, 0.1) is 12.3 Å². The summed E-state index contributed by atoms with van der Waals surface area (Å²) in [5.41, 5.74) is 0. The number of rotatable bonds is 8. The highest BCUT2D eigenvalue weighted by Crippen LogP contribution is 2.05. The van der Waals surface area contributed by atoms with Gasteiger partial charge in [0.1, 0.15) is 0 Å². The molecule has 0 unspecified atom stereocenters. The van der Waals surface area contributed by atoms with Crippen LogP contribution in [0.15, 0.2) is 4.42 Å². The van der Waals surface area contributed by atoms with E-state index in [0.717, 1.165) is 0 Å². The zero-order valence-electron chi connectivity index (χ0n) is 10.9. The predicted molar refractivity (Wildman–Crippen MR) is 69.1 cm³/mol. The van der Waals surface area contributed by atoms with Crippen LogP contribution in [0, 0.1) is 0 Å². The molecular weight excluding hydrogens is 256 g/mol. The zero-order chi connectivity index (χ0) is 13.6. The number of hydrogen-bond acceptors (Lipinski definition) is 7. The van der Waals surface area contributed by atoms with Gasteiger partial charge in [-0.2, -0.15) is 0 Å². The first-order chi connectivity index (χ1) is 8.43. The van der Waals surface area contributed by atoms with E-state index in [1.807, 2.05) is 13.8 Å². The summed E-state index contributed by atoms with van der Waals surface area (Å²) in [6.07, 6.45) is 0. The predicted octanol–water partition coefficient (Wildman–Crippen LogP) is 0.414. The van der Waals surface area contributed by atoms with Gasteiger partial charge < -0.3 is 15.1 Å². The number of nitrogens with one attached hydrogen (secondary N) is 2. The van der Waals surface area contributed by atoms with Gasteiger partial charge in [-0.05, 0) is 0 Å². The average molecular weight is 276 g/mol. The minimum Gasteiger partial charge on any atom is -0.407 e. The lowest BCUT2D eigenvalue weighted by Gasteiger charge is -2.03. The van der Waals surface area contributed by atoms with Crippen LogP contribution >= 0.6 is 0 Å². The van der Waals surface area contributed by atoms with Gasteiger partial charge in [-0.1, -0.05) is 25.9 Å². The van der Waals surface area contributed by atoms with Crippen molar-refractivity contribution < 1.29 is 12.8 Å². The third-order valence-corrected chi connectivity index (χ3v) is 3.96. The maximum absolute atomic E-state index is 11.3. The van der Waals surface area contributed by atoms with E-state index in [0.29, 0.717) is 18.5 Å². The van der Waals surface area contributed by atoms with Gasteiger partial charge in [0.2, 0.25) is 5.89 Å². The molecule has 0 bridgehead atoms. The maximum atomic E-state index is 11.3. The maximum Gasteiger partial charge on any atom is 0.315 e. The lowest BCUT2D eigenvalue weighted by atomic mass is 10.4. The molecule has 0 radical (unpaired) electrons. The fraction of sp³-hybridized carbons (Fsp3) is 0.800. The Labute approximate surface area is 107 Å². The molecule has 0 fully saturated rings. The van der Waals surface area contributed by atoms with Crippen LogP contribution in [0.25, 0.3) is 0 Å². The van der Waals surface area contributed by atoms with E-state index in [9.17, 15) is 8.42 Å². The minimum atomic E-state index is -2.97. The SMILES string of the molecule is CCS(=O)(=O)CCNc1nnc(CNC(C)C)o1. The minimum absolute atomic E-state index is 0.0610. The van der Waals surface area contributed by atoms with Crippen LogP contribution in [-0.2, 0) is 16.4 Å². The lowest BCUT2D eigenvalue weighted by Crippen LogP contribution is -2.21. The summed E-state index contributed by atoms with van der Waals surface area (Å²) in [6.45, 7) is 6.43. The number of hydrogen-bond donors (Lipinski definition) is 2. The van der Waals surface area contributed by atoms with Crippen LogP contribution in [0.1, 0.15) is 26.7 Å².